The number of halogens is 3. The number of carbonyl (C=O) groups excluding carboxylic acids is 1. The molecule has 1 aromatic heterocycles. The number of aryl methyl sites for hydroxylation is 1. The third-order valence-electron chi connectivity index (χ3n) is 5.31. The molecule has 0 radical (unpaired) electrons. The van der Waals surface area contributed by atoms with E-state index < -0.39 is 11.7 Å². The predicted molar refractivity (Wildman–Crippen MR) is 120 cm³/mol. The summed E-state index contributed by atoms with van der Waals surface area (Å²) in [6.45, 7) is 2.02. The Morgan fingerprint density at radius 2 is 1.64 bits per heavy atom. The van der Waals surface area contributed by atoms with Crippen LogP contribution in [0.4, 0.5) is 13.2 Å². The molecule has 0 unspecified atom stereocenters. The number of nitrogens with one attached hydrogen (secondary N) is 1. The molecule has 0 saturated carbocycles. The molecule has 3 aromatic carbocycles. The standard InChI is InChI=1S/C25H20F3N3O2/c1-16-30-22-5-3-2-4-21(22)24(33)31(16)20-12-8-18(9-13-20)23(32)29-15-14-17-6-10-19(11-7-17)25(26,27)28/h2-13H,14-15H2,1H3,(H,29,32). The average molecular weight is 451 g/mol. The van der Waals surface area contributed by atoms with E-state index in [0.29, 0.717) is 40.0 Å². The lowest BCUT2D eigenvalue weighted by Crippen LogP contribution is -2.26. The molecule has 8 heteroatoms. The number of fused-ring (bicyclic) bond motifs is 1. The number of amides is 1. The number of aromatic nitrogens is 2. The second kappa shape index (κ2) is 8.90. The Balaban J connectivity index is 1.43. The summed E-state index contributed by atoms with van der Waals surface area (Å²) in [5.41, 5.74) is 1.43. The van der Waals surface area contributed by atoms with Crippen molar-refractivity contribution in [1.82, 2.24) is 14.9 Å². The van der Waals surface area contributed by atoms with Crippen LogP contribution in [0, 0.1) is 6.92 Å². The van der Waals surface area contributed by atoms with Crippen LogP contribution in [-0.4, -0.2) is 22.0 Å². The summed E-state index contributed by atoms with van der Waals surface area (Å²) < 4.78 is 39.4. The van der Waals surface area contributed by atoms with Gasteiger partial charge in [-0.1, -0.05) is 24.3 Å². The van der Waals surface area contributed by atoms with Crippen molar-refractivity contribution < 1.29 is 18.0 Å². The molecule has 0 atom stereocenters. The average Bonchev–Trinajstić information content (AvgIpc) is 2.79. The third kappa shape index (κ3) is 4.79. The minimum Gasteiger partial charge on any atom is -0.352 e. The molecule has 4 rings (SSSR count). The van der Waals surface area contributed by atoms with Gasteiger partial charge in [-0.3, -0.25) is 14.2 Å². The zero-order valence-corrected chi connectivity index (χ0v) is 17.7. The third-order valence-corrected chi connectivity index (χ3v) is 5.31. The van der Waals surface area contributed by atoms with E-state index in [1.165, 1.54) is 16.7 Å². The topological polar surface area (TPSA) is 64.0 Å². The van der Waals surface area contributed by atoms with Crippen LogP contribution in [0.1, 0.15) is 27.3 Å². The van der Waals surface area contributed by atoms with Gasteiger partial charge in [0.1, 0.15) is 5.82 Å². The van der Waals surface area contributed by atoms with Gasteiger partial charge in [-0.05, 0) is 67.4 Å². The van der Waals surface area contributed by atoms with Crippen LogP contribution in [0.15, 0.2) is 77.6 Å². The van der Waals surface area contributed by atoms with Gasteiger partial charge in [0.2, 0.25) is 0 Å². The Morgan fingerprint density at radius 3 is 2.30 bits per heavy atom. The van der Waals surface area contributed by atoms with Gasteiger partial charge in [-0.15, -0.1) is 0 Å². The number of para-hydroxylation sites is 1. The molecule has 4 aromatic rings. The molecule has 33 heavy (non-hydrogen) atoms. The molecular weight excluding hydrogens is 431 g/mol. The van der Waals surface area contributed by atoms with Crippen LogP contribution in [0.3, 0.4) is 0 Å². The monoisotopic (exact) mass is 451 g/mol. The summed E-state index contributed by atoms with van der Waals surface area (Å²) in [7, 11) is 0. The van der Waals surface area contributed by atoms with Gasteiger partial charge < -0.3 is 5.32 Å². The van der Waals surface area contributed by atoms with E-state index in [0.717, 1.165) is 12.1 Å². The number of hydrogen-bond donors (Lipinski definition) is 1. The van der Waals surface area contributed by atoms with Gasteiger partial charge in [0.15, 0.2) is 0 Å². The Bertz CT molecular complexity index is 1360. The summed E-state index contributed by atoms with van der Waals surface area (Å²) in [6.07, 6.45) is -3.97. The van der Waals surface area contributed by atoms with Gasteiger partial charge in [0.05, 0.1) is 22.2 Å². The fraction of sp³-hybridized carbons (Fsp3) is 0.160. The molecule has 0 bridgehead atoms. The molecule has 1 heterocycles. The second-order valence-corrected chi connectivity index (χ2v) is 7.56. The van der Waals surface area contributed by atoms with E-state index in [4.69, 9.17) is 0 Å². The van der Waals surface area contributed by atoms with Crippen LogP contribution in [0.5, 0.6) is 0 Å². The molecule has 0 aliphatic carbocycles. The van der Waals surface area contributed by atoms with Crippen molar-refractivity contribution in [2.75, 3.05) is 6.54 Å². The fourth-order valence-corrected chi connectivity index (χ4v) is 3.59. The molecule has 0 saturated heterocycles. The van der Waals surface area contributed by atoms with E-state index in [2.05, 4.69) is 10.3 Å². The maximum atomic E-state index is 12.9. The first-order valence-corrected chi connectivity index (χ1v) is 10.3. The molecule has 0 aliphatic heterocycles. The van der Waals surface area contributed by atoms with Gasteiger partial charge in [-0.25, -0.2) is 4.98 Å². The highest BCUT2D eigenvalue weighted by Crippen LogP contribution is 2.29. The fourth-order valence-electron chi connectivity index (χ4n) is 3.59. The number of benzene rings is 3. The minimum atomic E-state index is -4.37. The smallest absolute Gasteiger partial charge is 0.352 e. The molecule has 0 fully saturated rings. The Morgan fingerprint density at radius 1 is 0.970 bits per heavy atom. The Kier molecular flexibility index (Phi) is 6.00. The van der Waals surface area contributed by atoms with Crippen LogP contribution < -0.4 is 10.9 Å². The van der Waals surface area contributed by atoms with E-state index in [9.17, 15) is 22.8 Å². The van der Waals surface area contributed by atoms with E-state index in [1.54, 1.807) is 49.4 Å². The van der Waals surface area contributed by atoms with Gasteiger partial charge >= 0.3 is 6.18 Å². The molecule has 1 N–H and O–H groups in total. The molecule has 0 aliphatic rings. The molecule has 5 nitrogen and oxygen atoms in total. The number of nitrogens with zero attached hydrogens (tertiary/aromatic N) is 2. The number of alkyl halides is 3. The lowest BCUT2D eigenvalue weighted by atomic mass is 10.1. The lowest BCUT2D eigenvalue weighted by molar-refractivity contribution is -0.137. The van der Waals surface area contributed by atoms with Crippen molar-refractivity contribution in [2.24, 2.45) is 0 Å². The zero-order chi connectivity index (χ0) is 23.6. The van der Waals surface area contributed by atoms with Crippen molar-refractivity contribution in [1.29, 1.82) is 0 Å². The maximum absolute atomic E-state index is 12.9. The van der Waals surface area contributed by atoms with Gasteiger partial charge in [0, 0.05) is 12.1 Å². The minimum absolute atomic E-state index is 0.188. The van der Waals surface area contributed by atoms with E-state index in [-0.39, 0.29) is 18.0 Å². The lowest BCUT2D eigenvalue weighted by Gasteiger charge is -2.12. The highest BCUT2D eigenvalue weighted by atomic mass is 19.4. The van der Waals surface area contributed by atoms with Crippen molar-refractivity contribution in [3.63, 3.8) is 0 Å². The van der Waals surface area contributed by atoms with E-state index >= 15 is 0 Å². The summed E-state index contributed by atoms with van der Waals surface area (Å²) in [6, 6.07) is 18.6. The highest BCUT2D eigenvalue weighted by Gasteiger charge is 2.29. The quantitative estimate of drug-likeness (QED) is 0.479. The summed E-state index contributed by atoms with van der Waals surface area (Å²) in [4.78, 5) is 29.8. The van der Waals surface area contributed by atoms with Crippen molar-refractivity contribution >= 4 is 16.8 Å². The first-order chi connectivity index (χ1) is 15.7. The second-order valence-electron chi connectivity index (χ2n) is 7.56. The highest BCUT2D eigenvalue weighted by molar-refractivity contribution is 5.94. The molecule has 1 amide bonds. The summed E-state index contributed by atoms with van der Waals surface area (Å²) in [5.74, 6) is 0.224. The zero-order valence-electron chi connectivity index (χ0n) is 17.7. The van der Waals surface area contributed by atoms with Crippen molar-refractivity contribution in [2.45, 2.75) is 19.5 Å². The number of rotatable bonds is 5. The first kappa shape index (κ1) is 22.3. The van der Waals surface area contributed by atoms with Crippen molar-refractivity contribution in [3.05, 3.63) is 106 Å². The molecular formula is C25H20F3N3O2. The van der Waals surface area contributed by atoms with E-state index in [1.807, 2.05) is 6.07 Å². The Hall–Kier alpha value is -3.94. The number of hydrogen-bond acceptors (Lipinski definition) is 3. The first-order valence-electron chi connectivity index (χ1n) is 10.3. The van der Waals surface area contributed by atoms with Gasteiger partial charge in [0.25, 0.3) is 11.5 Å². The van der Waals surface area contributed by atoms with Crippen molar-refractivity contribution in [3.8, 4) is 5.69 Å². The largest absolute Gasteiger partial charge is 0.416 e. The number of carbonyl (C=O) groups is 1. The van der Waals surface area contributed by atoms with Crippen LogP contribution in [0.2, 0.25) is 0 Å². The molecule has 168 valence electrons. The normalized spacial score (nSPS) is 11.5. The SMILES string of the molecule is Cc1nc2ccccc2c(=O)n1-c1ccc(C(=O)NCCc2ccc(C(F)(F)F)cc2)cc1. The predicted octanol–water partition coefficient (Wildman–Crippen LogP) is 4.69. The summed E-state index contributed by atoms with van der Waals surface area (Å²) >= 11 is 0. The summed E-state index contributed by atoms with van der Waals surface area (Å²) in [5, 5.41) is 3.26. The molecule has 0 spiro atoms. The van der Waals surface area contributed by atoms with Crippen LogP contribution in [0.25, 0.3) is 16.6 Å². The van der Waals surface area contributed by atoms with Crippen LogP contribution in [-0.2, 0) is 12.6 Å². The van der Waals surface area contributed by atoms with Crippen LogP contribution >= 0.6 is 0 Å². The Labute approximate surface area is 187 Å². The maximum Gasteiger partial charge on any atom is 0.416 e. The van der Waals surface area contributed by atoms with Gasteiger partial charge in [-0.2, -0.15) is 13.2 Å².